The van der Waals surface area contributed by atoms with Crippen LogP contribution in [-0.4, -0.2) is 49.6 Å². The molecule has 1 unspecified atom stereocenters. The number of nitrogens with one attached hydrogen (secondary N) is 1. The molecule has 0 saturated carbocycles. The van der Waals surface area contributed by atoms with Crippen molar-refractivity contribution in [3.63, 3.8) is 0 Å². The number of pyridine rings is 2. The number of benzene rings is 1. The summed E-state index contributed by atoms with van der Waals surface area (Å²) in [6.07, 6.45) is 4.76. The topological polar surface area (TPSA) is 102 Å². The molecule has 1 N–H and O–H groups in total. The van der Waals surface area contributed by atoms with Crippen molar-refractivity contribution in [3.8, 4) is 11.6 Å². The Kier molecular flexibility index (Phi) is 6.85. The van der Waals surface area contributed by atoms with Gasteiger partial charge in [0.2, 0.25) is 5.88 Å². The van der Waals surface area contributed by atoms with Crippen LogP contribution in [0.2, 0.25) is 0 Å². The summed E-state index contributed by atoms with van der Waals surface area (Å²) in [5.41, 5.74) is 2.53. The molecule has 37 heavy (non-hydrogen) atoms. The minimum absolute atomic E-state index is 0.106. The van der Waals surface area contributed by atoms with Crippen molar-refractivity contribution < 1.29 is 14.3 Å². The second kappa shape index (κ2) is 10.4. The number of anilines is 2. The highest BCUT2D eigenvalue weighted by Crippen LogP contribution is 2.30. The molecule has 1 amide bonds. The van der Waals surface area contributed by atoms with Crippen LogP contribution in [-0.2, 0) is 4.74 Å². The molecule has 1 saturated heterocycles. The minimum atomic E-state index is -0.524. The van der Waals surface area contributed by atoms with E-state index in [4.69, 9.17) is 14.5 Å². The Morgan fingerprint density at radius 2 is 1.86 bits per heavy atom. The van der Waals surface area contributed by atoms with Gasteiger partial charge in [-0.15, -0.1) is 0 Å². The van der Waals surface area contributed by atoms with E-state index in [9.17, 15) is 4.79 Å². The highest BCUT2D eigenvalue weighted by atomic mass is 16.6. The van der Waals surface area contributed by atoms with Crippen LogP contribution in [0.3, 0.4) is 0 Å². The molecule has 1 aliphatic rings. The zero-order valence-corrected chi connectivity index (χ0v) is 21.2. The first kappa shape index (κ1) is 24.4. The van der Waals surface area contributed by atoms with E-state index in [2.05, 4.69) is 20.3 Å². The Hall–Kier alpha value is -4.27. The maximum absolute atomic E-state index is 12.6. The Morgan fingerprint density at radius 1 is 1.03 bits per heavy atom. The van der Waals surface area contributed by atoms with Crippen LogP contribution < -0.4 is 10.1 Å². The van der Waals surface area contributed by atoms with Gasteiger partial charge in [-0.2, -0.15) is 0 Å². The summed E-state index contributed by atoms with van der Waals surface area (Å²) in [4.78, 5) is 32.5. The average Bonchev–Trinajstić information content (AvgIpc) is 2.89. The molecule has 9 nitrogen and oxygen atoms in total. The number of fused-ring (bicyclic) bond motifs is 1. The van der Waals surface area contributed by atoms with E-state index in [-0.39, 0.29) is 12.0 Å². The van der Waals surface area contributed by atoms with E-state index in [1.54, 1.807) is 17.2 Å². The Bertz CT molecular complexity index is 1370. The molecule has 0 aliphatic carbocycles. The molecule has 3 aromatic heterocycles. The number of piperidine rings is 1. The molecule has 1 atom stereocenters. The van der Waals surface area contributed by atoms with E-state index in [1.807, 2.05) is 69.3 Å². The second-order valence-corrected chi connectivity index (χ2v) is 10.0. The summed E-state index contributed by atoms with van der Waals surface area (Å²) in [5, 5.41) is 3.30. The van der Waals surface area contributed by atoms with E-state index >= 15 is 0 Å². The summed E-state index contributed by atoms with van der Waals surface area (Å²) in [5.74, 6) is 1.92. The second-order valence-electron chi connectivity index (χ2n) is 10.0. The third kappa shape index (κ3) is 6.11. The van der Waals surface area contributed by atoms with Crippen molar-refractivity contribution in [2.45, 2.75) is 45.1 Å². The number of amides is 1. The van der Waals surface area contributed by atoms with Gasteiger partial charge in [0, 0.05) is 30.8 Å². The van der Waals surface area contributed by atoms with Gasteiger partial charge in [0.1, 0.15) is 23.2 Å². The zero-order valence-electron chi connectivity index (χ0n) is 21.2. The third-order valence-electron chi connectivity index (χ3n) is 5.96. The van der Waals surface area contributed by atoms with E-state index in [0.29, 0.717) is 30.3 Å². The first-order chi connectivity index (χ1) is 17.8. The highest BCUT2D eigenvalue weighted by Gasteiger charge is 2.29. The zero-order chi connectivity index (χ0) is 25.8. The van der Waals surface area contributed by atoms with Crippen LogP contribution in [0.4, 0.5) is 16.3 Å². The fraction of sp³-hybridized carbons (Fsp3) is 0.321. The number of hydrogen-bond acceptors (Lipinski definition) is 8. The highest BCUT2D eigenvalue weighted by molar-refractivity contribution is 5.86. The monoisotopic (exact) mass is 498 g/mol. The van der Waals surface area contributed by atoms with E-state index in [1.165, 1.54) is 6.33 Å². The van der Waals surface area contributed by atoms with Gasteiger partial charge in [0.25, 0.3) is 0 Å². The summed E-state index contributed by atoms with van der Waals surface area (Å²) in [6.45, 7) is 6.89. The van der Waals surface area contributed by atoms with Crippen molar-refractivity contribution in [2.75, 3.05) is 18.4 Å². The van der Waals surface area contributed by atoms with Gasteiger partial charge >= 0.3 is 6.09 Å². The standard InChI is InChI=1S/C28H30N6O3/c1-28(2,3)37-27(35)34-15-7-8-19(17-34)22-12-13-23-25(33-22)26(31-18-30-23)32-20-11-14-24(29-16-20)36-21-9-5-4-6-10-21/h4-6,9-14,16,18-19H,7-8,15,17H2,1-3H3,(H,30,31,32). The first-order valence-electron chi connectivity index (χ1n) is 12.4. The molecule has 0 radical (unpaired) electrons. The lowest BCUT2D eigenvalue weighted by molar-refractivity contribution is 0.0197. The molecule has 9 heteroatoms. The van der Waals surface area contributed by atoms with Gasteiger partial charge in [-0.1, -0.05) is 18.2 Å². The largest absolute Gasteiger partial charge is 0.444 e. The van der Waals surface area contributed by atoms with E-state index < -0.39 is 5.60 Å². The number of nitrogens with zero attached hydrogens (tertiary/aromatic N) is 5. The third-order valence-corrected chi connectivity index (χ3v) is 5.96. The van der Waals surface area contributed by atoms with Crippen LogP contribution in [0.1, 0.15) is 45.2 Å². The van der Waals surface area contributed by atoms with Crippen LogP contribution in [0.5, 0.6) is 11.6 Å². The molecule has 4 aromatic rings. The molecule has 4 heterocycles. The van der Waals surface area contributed by atoms with Crippen molar-refractivity contribution in [2.24, 2.45) is 0 Å². The summed E-state index contributed by atoms with van der Waals surface area (Å²) in [7, 11) is 0. The number of hydrogen-bond donors (Lipinski definition) is 1. The summed E-state index contributed by atoms with van der Waals surface area (Å²) >= 11 is 0. The fourth-order valence-corrected chi connectivity index (χ4v) is 4.25. The Morgan fingerprint density at radius 3 is 2.62 bits per heavy atom. The van der Waals surface area contributed by atoms with E-state index in [0.717, 1.165) is 35.5 Å². The number of carbonyl (C=O) groups excluding carboxylic acids is 1. The predicted octanol–water partition coefficient (Wildman–Crippen LogP) is 6.07. The van der Waals surface area contributed by atoms with Crippen molar-refractivity contribution in [1.82, 2.24) is 24.8 Å². The number of rotatable bonds is 5. The van der Waals surface area contributed by atoms with Gasteiger partial charge in [-0.05, 0) is 63.9 Å². The van der Waals surface area contributed by atoms with Gasteiger partial charge in [-0.25, -0.2) is 24.7 Å². The predicted molar refractivity (Wildman–Crippen MR) is 141 cm³/mol. The van der Waals surface area contributed by atoms with Crippen molar-refractivity contribution >= 4 is 28.6 Å². The van der Waals surface area contributed by atoms with Crippen molar-refractivity contribution in [3.05, 3.63) is 72.8 Å². The Balaban J connectivity index is 1.33. The lowest BCUT2D eigenvalue weighted by Crippen LogP contribution is -2.42. The van der Waals surface area contributed by atoms with Crippen LogP contribution in [0.25, 0.3) is 11.0 Å². The fourth-order valence-electron chi connectivity index (χ4n) is 4.25. The minimum Gasteiger partial charge on any atom is -0.444 e. The van der Waals surface area contributed by atoms with Crippen LogP contribution in [0, 0.1) is 0 Å². The molecule has 1 aromatic carbocycles. The normalized spacial score (nSPS) is 15.9. The lowest BCUT2D eigenvalue weighted by atomic mass is 9.94. The number of aromatic nitrogens is 4. The first-order valence-corrected chi connectivity index (χ1v) is 12.4. The van der Waals surface area contributed by atoms with Crippen LogP contribution >= 0.6 is 0 Å². The number of carbonyl (C=O) groups is 1. The van der Waals surface area contributed by atoms with Gasteiger partial charge < -0.3 is 19.7 Å². The molecule has 0 bridgehead atoms. The maximum Gasteiger partial charge on any atom is 0.410 e. The molecule has 0 spiro atoms. The molecule has 1 aliphatic heterocycles. The summed E-state index contributed by atoms with van der Waals surface area (Å²) < 4.78 is 11.4. The Labute approximate surface area is 215 Å². The molecule has 190 valence electrons. The SMILES string of the molecule is CC(C)(C)OC(=O)N1CCCC(c2ccc3ncnc(Nc4ccc(Oc5ccccc5)nc4)c3n2)C1. The van der Waals surface area contributed by atoms with Crippen LogP contribution in [0.15, 0.2) is 67.1 Å². The number of para-hydroxylation sites is 1. The lowest BCUT2D eigenvalue weighted by Gasteiger charge is -2.34. The maximum atomic E-state index is 12.6. The smallest absolute Gasteiger partial charge is 0.410 e. The average molecular weight is 499 g/mol. The van der Waals surface area contributed by atoms with Crippen molar-refractivity contribution in [1.29, 1.82) is 0 Å². The molecule has 5 rings (SSSR count). The molecular weight excluding hydrogens is 468 g/mol. The number of likely N-dealkylation sites (tertiary alicyclic amines) is 1. The molecule has 1 fully saturated rings. The quantitative estimate of drug-likeness (QED) is 0.354. The summed E-state index contributed by atoms with van der Waals surface area (Å²) in [6, 6.07) is 17.1. The van der Waals surface area contributed by atoms with Gasteiger partial charge in [0.15, 0.2) is 5.82 Å². The van der Waals surface area contributed by atoms with Gasteiger partial charge in [0.05, 0.1) is 17.4 Å². The molecular formula is C28H30N6O3. The van der Waals surface area contributed by atoms with Gasteiger partial charge in [-0.3, -0.25) is 0 Å². The number of ether oxygens (including phenoxy) is 2.